The molecule has 0 aliphatic carbocycles. The molecule has 0 unspecified atom stereocenters. The van der Waals surface area contributed by atoms with Gasteiger partial charge in [0.15, 0.2) is 0 Å². The summed E-state index contributed by atoms with van der Waals surface area (Å²) in [5.41, 5.74) is 3.90. The number of aromatic nitrogens is 1. The van der Waals surface area contributed by atoms with E-state index >= 15 is 0 Å². The van der Waals surface area contributed by atoms with Gasteiger partial charge in [-0.3, -0.25) is 4.98 Å². The van der Waals surface area contributed by atoms with Crippen LogP contribution >= 0.6 is 11.8 Å². The number of anilines is 2. The van der Waals surface area contributed by atoms with E-state index in [0.29, 0.717) is 11.1 Å². The Balaban J connectivity index is 1.72. The molecule has 0 atom stereocenters. The Kier molecular flexibility index (Phi) is 3.76. The van der Waals surface area contributed by atoms with Gasteiger partial charge in [0, 0.05) is 40.2 Å². The highest BCUT2D eigenvalue weighted by atomic mass is 32.2. The van der Waals surface area contributed by atoms with Crippen molar-refractivity contribution < 1.29 is 4.42 Å². The topological polar surface area (TPSA) is 46.3 Å². The monoisotopic (exact) mass is 372 g/mol. The summed E-state index contributed by atoms with van der Waals surface area (Å²) in [7, 11) is 0. The van der Waals surface area contributed by atoms with Crippen molar-refractivity contribution in [2.24, 2.45) is 0 Å². The zero-order chi connectivity index (χ0) is 18.4. The Morgan fingerprint density at radius 2 is 1.81 bits per heavy atom. The molecule has 3 heterocycles. The molecule has 1 aliphatic rings. The average Bonchev–Trinajstić information content (AvgIpc) is 2.71. The Hall–Kier alpha value is -3.05. The highest BCUT2D eigenvalue weighted by molar-refractivity contribution is 7.99. The second-order valence-electron chi connectivity index (χ2n) is 6.36. The van der Waals surface area contributed by atoms with Crippen molar-refractivity contribution >= 4 is 34.1 Å². The van der Waals surface area contributed by atoms with Crippen LogP contribution < -0.4 is 10.5 Å². The molecule has 5 rings (SSSR count). The minimum atomic E-state index is -0.333. The van der Waals surface area contributed by atoms with Crippen LogP contribution in [0.25, 0.3) is 22.1 Å². The standard InChI is InChI=1S/C22H16N2O2S/c1-2-24-17-5-3-4-6-20(17)27-21-12-15-11-16(14-7-9-23-10-8-14)22(25)26-19(15)13-18(21)24/h3-13H,2H2,1H3. The quantitative estimate of drug-likeness (QED) is 0.436. The van der Waals surface area contributed by atoms with Crippen molar-refractivity contribution in [3.05, 3.63) is 77.4 Å². The van der Waals surface area contributed by atoms with Gasteiger partial charge in [0.05, 0.1) is 16.9 Å². The van der Waals surface area contributed by atoms with Crippen LogP contribution in [0.2, 0.25) is 0 Å². The van der Waals surface area contributed by atoms with Crippen LogP contribution in [0, 0.1) is 0 Å². The maximum atomic E-state index is 12.5. The van der Waals surface area contributed by atoms with E-state index in [0.717, 1.165) is 28.1 Å². The normalized spacial score (nSPS) is 12.7. The molecule has 27 heavy (non-hydrogen) atoms. The highest BCUT2D eigenvalue weighted by Crippen LogP contribution is 2.49. The van der Waals surface area contributed by atoms with Crippen molar-refractivity contribution in [1.29, 1.82) is 0 Å². The largest absolute Gasteiger partial charge is 0.422 e. The number of hydrogen-bond donors (Lipinski definition) is 0. The molecule has 132 valence electrons. The summed E-state index contributed by atoms with van der Waals surface area (Å²) in [6.07, 6.45) is 3.36. The summed E-state index contributed by atoms with van der Waals surface area (Å²) in [5.74, 6) is 0. The molecule has 4 nitrogen and oxygen atoms in total. The Morgan fingerprint density at radius 1 is 1.00 bits per heavy atom. The number of benzene rings is 2. The molecule has 4 aromatic rings. The van der Waals surface area contributed by atoms with Crippen molar-refractivity contribution in [2.75, 3.05) is 11.4 Å². The number of rotatable bonds is 2. The lowest BCUT2D eigenvalue weighted by molar-refractivity contribution is 0.563. The zero-order valence-electron chi connectivity index (χ0n) is 14.7. The van der Waals surface area contributed by atoms with Crippen LogP contribution in [0.4, 0.5) is 11.4 Å². The fourth-order valence-corrected chi connectivity index (χ4v) is 4.64. The van der Waals surface area contributed by atoms with E-state index in [9.17, 15) is 4.79 Å². The predicted molar refractivity (Wildman–Crippen MR) is 109 cm³/mol. The van der Waals surface area contributed by atoms with Gasteiger partial charge in [0.2, 0.25) is 0 Å². The average molecular weight is 372 g/mol. The molecule has 0 spiro atoms. The predicted octanol–water partition coefficient (Wildman–Crippen LogP) is 5.48. The summed E-state index contributed by atoms with van der Waals surface area (Å²) < 4.78 is 5.68. The Morgan fingerprint density at radius 3 is 2.63 bits per heavy atom. The van der Waals surface area contributed by atoms with Gasteiger partial charge in [-0.15, -0.1) is 0 Å². The molecular formula is C22H16N2O2S. The molecule has 0 bridgehead atoms. The zero-order valence-corrected chi connectivity index (χ0v) is 15.5. The van der Waals surface area contributed by atoms with E-state index in [4.69, 9.17) is 4.42 Å². The summed E-state index contributed by atoms with van der Waals surface area (Å²) in [6, 6.07) is 18.0. The Bertz CT molecular complexity index is 1220. The molecule has 5 heteroatoms. The minimum Gasteiger partial charge on any atom is -0.422 e. The molecular weight excluding hydrogens is 356 g/mol. The number of fused-ring (bicyclic) bond motifs is 3. The van der Waals surface area contributed by atoms with Crippen LogP contribution in [-0.4, -0.2) is 11.5 Å². The lowest BCUT2D eigenvalue weighted by Crippen LogP contribution is -2.20. The molecule has 0 radical (unpaired) electrons. The van der Waals surface area contributed by atoms with Gasteiger partial charge < -0.3 is 9.32 Å². The van der Waals surface area contributed by atoms with Gasteiger partial charge in [-0.05, 0) is 48.9 Å². The molecule has 2 aromatic heterocycles. The Labute approximate surface area is 160 Å². The number of pyridine rings is 1. The molecule has 0 saturated heterocycles. The van der Waals surface area contributed by atoms with E-state index in [1.54, 1.807) is 24.2 Å². The van der Waals surface area contributed by atoms with Crippen molar-refractivity contribution in [3.8, 4) is 11.1 Å². The van der Waals surface area contributed by atoms with E-state index in [1.807, 2.05) is 24.3 Å². The van der Waals surface area contributed by atoms with Gasteiger partial charge in [0.25, 0.3) is 0 Å². The molecule has 1 aliphatic heterocycles. The molecule has 0 N–H and O–H groups in total. The molecule has 0 fully saturated rings. The second kappa shape index (κ2) is 6.28. The first-order valence-electron chi connectivity index (χ1n) is 8.81. The van der Waals surface area contributed by atoms with E-state index in [-0.39, 0.29) is 5.63 Å². The fourth-order valence-electron chi connectivity index (χ4n) is 3.52. The smallest absolute Gasteiger partial charge is 0.344 e. The molecule has 0 saturated carbocycles. The van der Waals surface area contributed by atoms with Gasteiger partial charge in [-0.25, -0.2) is 4.79 Å². The van der Waals surface area contributed by atoms with E-state index in [2.05, 4.69) is 47.1 Å². The van der Waals surface area contributed by atoms with Gasteiger partial charge in [-0.2, -0.15) is 0 Å². The third-order valence-corrected chi connectivity index (χ3v) is 5.90. The van der Waals surface area contributed by atoms with Gasteiger partial charge in [0.1, 0.15) is 5.58 Å². The SMILES string of the molecule is CCN1c2ccccc2Sc2cc3cc(-c4ccncc4)c(=O)oc3cc21. The first-order valence-corrected chi connectivity index (χ1v) is 9.63. The lowest BCUT2D eigenvalue weighted by Gasteiger charge is -2.31. The van der Waals surface area contributed by atoms with E-state index in [1.165, 1.54) is 10.6 Å². The second-order valence-corrected chi connectivity index (χ2v) is 7.44. The number of para-hydroxylation sites is 1. The number of nitrogens with zero attached hydrogens (tertiary/aromatic N) is 2. The first kappa shape index (κ1) is 16.1. The van der Waals surface area contributed by atoms with Crippen molar-refractivity contribution in [1.82, 2.24) is 4.98 Å². The summed E-state index contributed by atoms with van der Waals surface area (Å²) in [4.78, 5) is 21.2. The van der Waals surface area contributed by atoms with Crippen molar-refractivity contribution in [2.45, 2.75) is 16.7 Å². The third-order valence-electron chi connectivity index (χ3n) is 4.79. The highest BCUT2D eigenvalue weighted by Gasteiger charge is 2.23. The lowest BCUT2D eigenvalue weighted by atomic mass is 10.1. The summed E-state index contributed by atoms with van der Waals surface area (Å²) in [6.45, 7) is 2.97. The summed E-state index contributed by atoms with van der Waals surface area (Å²) in [5, 5.41) is 0.920. The third kappa shape index (κ3) is 2.62. The molecule has 2 aromatic carbocycles. The fraction of sp³-hybridized carbons (Fsp3) is 0.0909. The summed E-state index contributed by atoms with van der Waals surface area (Å²) >= 11 is 1.75. The van der Waals surface area contributed by atoms with Crippen LogP contribution in [0.1, 0.15) is 6.92 Å². The van der Waals surface area contributed by atoms with Crippen LogP contribution in [-0.2, 0) is 0 Å². The maximum Gasteiger partial charge on any atom is 0.344 e. The van der Waals surface area contributed by atoms with Crippen LogP contribution in [0.3, 0.4) is 0 Å². The number of hydrogen-bond acceptors (Lipinski definition) is 5. The van der Waals surface area contributed by atoms with Crippen molar-refractivity contribution in [3.63, 3.8) is 0 Å². The molecule has 0 amide bonds. The van der Waals surface area contributed by atoms with E-state index < -0.39 is 0 Å². The maximum absolute atomic E-state index is 12.5. The minimum absolute atomic E-state index is 0.333. The first-order chi connectivity index (χ1) is 13.2. The van der Waals surface area contributed by atoms with Crippen LogP contribution in [0.5, 0.6) is 0 Å². The van der Waals surface area contributed by atoms with Gasteiger partial charge >= 0.3 is 5.63 Å². The van der Waals surface area contributed by atoms with Gasteiger partial charge in [-0.1, -0.05) is 23.9 Å². The van der Waals surface area contributed by atoms with Crippen LogP contribution in [0.15, 0.2) is 86.0 Å².